The Bertz CT molecular complexity index is 588. The van der Waals surface area contributed by atoms with E-state index in [1.807, 2.05) is 30.5 Å². The molecule has 94 valence electrons. The van der Waals surface area contributed by atoms with Gasteiger partial charge in [-0.15, -0.1) is 0 Å². The summed E-state index contributed by atoms with van der Waals surface area (Å²) in [6, 6.07) is 7.36. The number of carbonyl (C=O) groups is 1. The zero-order valence-corrected chi connectivity index (χ0v) is 11.2. The number of methoxy groups -OCH3 is 1. The van der Waals surface area contributed by atoms with E-state index < -0.39 is 5.97 Å². The van der Waals surface area contributed by atoms with Crippen molar-refractivity contribution in [3.8, 4) is 5.69 Å². The summed E-state index contributed by atoms with van der Waals surface area (Å²) in [4.78, 5) is 15.8. The smallest absolute Gasteiger partial charge is 0.358 e. The number of hydrogen-bond acceptors (Lipinski definition) is 3. The second kappa shape index (κ2) is 4.82. The summed E-state index contributed by atoms with van der Waals surface area (Å²) in [5, 5.41) is 0.669. The number of esters is 1. The maximum absolute atomic E-state index is 11.6. The lowest BCUT2D eigenvalue weighted by Gasteiger charge is -2.07. The van der Waals surface area contributed by atoms with Crippen molar-refractivity contribution in [3.63, 3.8) is 0 Å². The third kappa shape index (κ3) is 2.11. The third-order valence-corrected chi connectivity index (χ3v) is 2.99. The highest BCUT2D eigenvalue weighted by atomic mass is 35.5. The minimum Gasteiger partial charge on any atom is -0.464 e. The summed E-state index contributed by atoms with van der Waals surface area (Å²) in [5.41, 5.74) is 2.00. The molecule has 0 bridgehead atoms. The maximum Gasteiger partial charge on any atom is 0.358 e. The van der Waals surface area contributed by atoms with Gasteiger partial charge >= 0.3 is 5.97 Å². The molecular formula is C13H13ClN2O2. The molecule has 4 nitrogen and oxygen atoms in total. The summed E-state index contributed by atoms with van der Waals surface area (Å²) in [7, 11) is 1.35. The summed E-state index contributed by atoms with van der Waals surface area (Å²) in [6.45, 7) is 3.68. The molecule has 0 aliphatic heterocycles. The zero-order valence-electron chi connectivity index (χ0n) is 10.4. The summed E-state index contributed by atoms with van der Waals surface area (Å²) >= 11 is 5.86. The van der Waals surface area contributed by atoms with E-state index in [0.29, 0.717) is 10.7 Å². The van der Waals surface area contributed by atoms with Crippen molar-refractivity contribution in [2.24, 2.45) is 0 Å². The van der Waals surface area contributed by atoms with Crippen LogP contribution in [0.3, 0.4) is 0 Å². The molecule has 0 unspecified atom stereocenters. The second-order valence-corrected chi connectivity index (χ2v) is 4.33. The SMILES string of the molecule is COC(=O)c1nc(C)n(-c2ccc(Cl)cc2)c1C. The molecule has 0 N–H and O–H groups in total. The Kier molecular flexibility index (Phi) is 3.39. The van der Waals surface area contributed by atoms with Gasteiger partial charge in [0.2, 0.25) is 0 Å². The highest BCUT2D eigenvalue weighted by molar-refractivity contribution is 6.30. The van der Waals surface area contributed by atoms with Gasteiger partial charge in [-0.25, -0.2) is 9.78 Å². The van der Waals surface area contributed by atoms with Crippen molar-refractivity contribution < 1.29 is 9.53 Å². The lowest BCUT2D eigenvalue weighted by atomic mass is 10.3. The minimum atomic E-state index is -0.427. The molecule has 5 heteroatoms. The maximum atomic E-state index is 11.6. The van der Waals surface area contributed by atoms with Gasteiger partial charge in [0, 0.05) is 10.7 Å². The van der Waals surface area contributed by atoms with Gasteiger partial charge < -0.3 is 9.30 Å². The lowest BCUT2D eigenvalue weighted by Crippen LogP contribution is -2.05. The van der Waals surface area contributed by atoms with Crippen molar-refractivity contribution in [2.75, 3.05) is 7.11 Å². The van der Waals surface area contributed by atoms with Crippen LogP contribution in [0.15, 0.2) is 24.3 Å². The van der Waals surface area contributed by atoms with Gasteiger partial charge in [-0.1, -0.05) is 11.6 Å². The van der Waals surface area contributed by atoms with Gasteiger partial charge in [-0.2, -0.15) is 0 Å². The van der Waals surface area contributed by atoms with Gasteiger partial charge in [-0.3, -0.25) is 0 Å². The van der Waals surface area contributed by atoms with Crippen molar-refractivity contribution in [1.82, 2.24) is 9.55 Å². The predicted octanol–water partition coefficient (Wildman–Crippen LogP) is 2.93. The van der Waals surface area contributed by atoms with E-state index in [0.717, 1.165) is 17.2 Å². The molecule has 0 amide bonds. The van der Waals surface area contributed by atoms with Crippen LogP contribution < -0.4 is 0 Å². The molecule has 0 radical (unpaired) electrons. The predicted molar refractivity (Wildman–Crippen MR) is 69.4 cm³/mol. The Morgan fingerprint density at radius 1 is 1.28 bits per heavy atom. The highest BCUT2D eigenvalue weighted by Gasteiger charge is 2.18. The van der Waals surface area contributed by atoms with E-state index in [9.17, 15) is 4.79 Å². The molecule has 0 aliphatic rings. The molecule has 1 heterocycles. The van der Waals surface area contributed by atoms with Crippen molar-refractivity contribution in [1.29, 1.82) is 0 Å². The Morgan fingerprint density at radius 3 is 2.44 bits per heavy atom. The van der Waals surface area contributed by atoms with E-state index in [-0.39, 0.29) is 0 Å². The Morgan fingerprint density at radius 2 is 1.89 bits per heavy atom. The van der Waals surface area contributed by atoms with Crippen LogP contribution in [-0.2, 0) is 4.74 Å². The quantitative estimate of drug-likeness (QED) is 0.784. The zero-order chi connectivity index (χ0) is 13.3. The van der Waals surface area contributed by atoms with Gasteiger partial charge in [-0.05, 0) is 38.1 Å². The van der Waals surface area contributed by atoms with Gasteiger partial charge in [0.25, 0.3) is 0 Å². The molecule has 2 aromatic rings. The number of aromatic nitrogens is 2. The minimum absolute atomic E-state index is 0.338. The summed E-state index contributed by atoms with van der Waals surface area (Å²) in [6.07, 6.45) is 0. The van der Waals surface area contributed by atoms with Crippen molar-refractivity contribution in [2.45, 2.75) is 13.8 Å². The second-order valence-electron chi connectivity index (χ2n) is 3.90. The number of hydrogen-bond donors (Lipinski definition) is 0. The molecule has 0 fully saturated rings. The van der Waals surface area contributed by atoms with Crippen LogP contribution in [0.25, 0.3) is 5.69 Å². The van der Waals surface area contributed by atoms with Crippen LogP contribution in [-0.4, -0.2) is 22.6 Å². The number of nitrogens with zero attached hydrogens (tertiary/aromatic N) is 2. The first-order valence-corrected chi connectivity index (χ1v) is 5.82. The van der Waals surface area contributed by atoms with Gasteiger partial charge in [0.15, 0.2) is 5.69 Å². The molecule has 0 saturated heterocycles. The molecule has 1 aromatic carbocycles. The van der Waals surface area contributed by atoms with E-state index in [1.54, 1.807) is 12.1 Å². The molecule has 18 heavy (non-hydrogen) atoms. The van der Waals surface area contributed by atoms with E-state index in [2.05, 4.69) is 4.98 Å². The van der Waals surface area contributed by atoms with Crippen LogP contribution in [0.4, 0.5) is 0 Å². The van der Waals surface area contributed by atoms with Crippen molar-refractivity contribution in [3.05, 3.63) is 46.5 Å². The number of halogens is 1. The number of aryl methyl sites for hydroxylation is 1. The number of ether oxygens (including phenoxy) is 1. The fourth-order valence-corrected chi connectivity index (χ4v) is 2.03. The van der Waals surface area contributed by atoms with Crippen LogP contribution in [0.5, 0.6) is 0 Å². The number of rotatable bonds is 2. The van der Waals surface area contributed by atoms with Gasteiger partial charge in [0.05, 0.1) is 12.8 Å². The van der Waals surface area contributed by atoms with Gasteiger partial charge in [0.1, 0.15) is 5.82 Å². The molecule has 0 spiro atoms. The van der Waals surface area contributed by atoms with Crippen LogP contribution >= 0.6 is 11.6 Å². The molecule has 1 aromatic heterocycles. The lowest BCUT2D eigenvalue weighted by molar-refractivity contribution is 0.0593. The molecule has 0 aliphatic carbocycles. The molecule has 2 rings (SSSR count). The highest BCUT2D eigenvalue weighted by Crippen LogP contribution is 2.20. The average molecular weight is 265 g/mol. The third-order valence-electron chi connectivity index (χ3n) is 2.74. The Labute approximate surface area is 110 Å². The van der Waals surface area contributed by atoms with E-state index >= 15 is 0 Å². The van der Waals surface area contributed by atoms with Crippen LogP contribution in [0.1, 0.15) is 22.0 Å². The first-order valence-electron chi connectivity index (χ1n) is 5.44. The largest absolute Gasteiger partial charge is 0.464 e. The van der Waals surface area contributed by atoms with Crippen LogP contribution in [0.2, 0.25) is 5.02 Å². The fourth-order valence-electron chi connectivity index (χ4n) is 1.90. The topological polar surface area (TPSA) is 44.1 Å². The average Bonchev–Trinajstić information content (AvgIpc) is 2.65. The van der Waals surface area contributed by atoms with E-state index in [4.69, 9.17) is 16.3 Å². The number of benzene rings is 1. The molecule has 0 atom stereocenters. The summed E-state index contributed by atoms with van der Waals surface area (Å²) < 4.78 is 6.60. The van der Waals surface area contributed by atoms with E-state index in [1.165, 1.54) is 7.11 Å². The molecule has 0 saturated carbocycles. The number of imidazole rings is 1. The van der Waals surface area contributed by atoms with Crippen LogP contribution in [0, 0.1) is 13.8 Å². The first kappa shape index (κ1) is 12.6. The normalized spacial score (nSPS) is 10.4. The fraction of sp³-hybridized carbons (Fsp3) is 0.231. The summed E-state index contributed by atoms with van der Waals surface area (Å²) in [5.74, 6) is 0.304. The molecular weight excluding hydrogens is 252 g/mol. The Hall–Kier alpha value is -1.81. The first-order chi connectivity index (χ1) is 8.54. The monoisotopic (exact) mass is 264 g/mol. The Balaban J connectivity index is 2.55. The standard InChI is InChI=1S/C13H13ClN2O2/c1-8-12(13(17)18-3)15-9(2)16(8)11-6-4-10(14)5-7-11/h4-7H,1-3H3. The van der Waals surface area contributed by atoms with Crippen molar-refractivity contribution >= 4 is 17.6 Å². The number of carbonyl (C=O) groups excluding carboxylic acids is 1.